The van der Waals surface area contributed by atoms with Gasteiger partial charge in [-0.1, -0.05) is 60.1 Å². The van der Waals surface area contributed by atoms with E-state index in [0.717, 1.165) is 43.3 Å². The average molecular weight is 400 g/mol. The van der Waals surface area contributed by atoms with Gasteiger partial charge in [-0.05, 0) is 29.3 Å². The van der Waals surface area contributed by atoms with Crippen LogP contribution < -0.4 is 9.80 Å². The zero-order valence-corrected chi connectivity index (χ0v) is 17.3. The van der Waals surface area contributed by atoms with Crippen LogP contribution in [0.2, 0.25) is 5.02 Å². The van der Waals surface area contributed by atoms with E-state index >= 15 is 0 Å². The predicted octanol–water partition coefficient (Wildman–Crippen LogP) is 0.795. The highest BCUT2D eigenvalue weighted by Gasteiger charge is 2.25. The van der Waals surface area contributed by atoms with E-state index in [4.69, 9.17) is 11.6 Å². The number of amides is 1. The van der Waals surface area contributed by atoms with Gasteiger partial charge in [0.2, 0.25) is 0 Å². The Morgan fingerprint density at radius 1 is 1.00 bits per heavy atom. The summed E-state index contributed by atoms with van der Waals surface area (Å²) < 4.78 is 0. The second-order valence-electron chi connectivity index (χ2n) is 7.57. The highest BCUT2D eigenvalue weighted by atomic mass is 35.5. The maximum atomic E-state index is 12.6. The van der Waals surface area contributed by atoms with E-state index < -0.39 is 0 Å². The van der Waals surface area contributed by atoms with E-state index in [1.165, 1.54) is 10.5 Å². The van der Waals surface area contributed by atoms with E-state index in [9.17, 15) is 4.79 Å². The van der Waals surface area contributed by atoms with Crippen molar-refractivity contribution in [1.29, 1.82) is 0 Å². The molecule has 0 saturated carbocycles. The van der Waals surface area contributed by atoms with Crippen molar-refractivity contribution in [2.24, 2.45) is 0 Å². The largest absolute Gasteiger partial charge is 0.337 e. The third-order valence-corrected chi connectivity index (χ3v) is 5.59. The van der Waals surface area contributed by atoms with Gasteiger partial charge in [0.15, 0.2) is 6.54 Å². The van der Waals surface area contributed by atoms with Gasteiger partial charge in [-0.2, -0.15) is 0 Å². The van der Waals surface area contributed by atoms with Crippen molar-refractivity contribution in [2.75, 3.05) is 46.3 Å². The lowest BCUT2D eigenvalue weighted by molar-refractivity contribution is -1.01. The van der Waals surface area contributed by atoms with Gasteiger partial charge in [0.1, 0.15) is 26.2 Å². The lowest BCUT2D eigenvalue weighted by Crippen LogP contribution is -3.28. The molecule has 2 N–H and O–H groups in total. The van der Waals surface area contributed by atoms with Crippen molar-refractivity contribution in [1.82, 2.24) is 4.90 Å². The second-order valence-corrected chi connectivity index (χ2v) is 8.01. The number of nitrogens with zero attached hydrogens (tertiary/aromatic N) is 1. The van der Waals surface area contributed by atoms with Crippen LogP contribution in [0.5, 0.6) is 0 Å². The zero-order valence-electron chi connectivity index (χ0n) is 16.5. The molecule has 5 heteroatoms. The van der Waals surface area contributed by atoms with E-state index in [2.05, 4.69) is 36.4 Å². The summed E-state index contributed by atoms with van der Waals surface area (Å²) >= 11 is 5.92. The molecule has 3 rings (SSSR count). The van der Waals surface area contributed by atoms with E-state index in [1.807, 2.05) is 42.3 Å². The molecule has 1 saturated heterocycles. The highest BCUT2D eigenvalue weighted by Crippen LogP contribution is 2.10. The average Bonchev–Trinajstić information content (AvgIpc) is 2.72. The van der Waals surface area contributed by atoms with Crippen molar-refractivity contribution < 1.29 is 14.6 Å². The molecule has 0 unspecified atom stereocenters. The normalized spacial score (nSPS) is 19.6. The summed E-state index contributed by atoms with van der Waals surface area (Å²) in [6, 6.07) is 18.1. The van der Waals surface area contributed by atoms with E-state index in [1.54, 1.807) is 4.90 Å². The molecule has 1 amide bonds. The quantitative estimate of drug-likeness (QED) is 0.708. The lowest BCUT2D eigenvalue weighted by Gasteiger charge is -2.29. The minimum Gasteiger partial charge on any atom is -0.337 e. The summed E-state index contributed by atoms with van der Waals surface area (Å²) in [7, 11) is 1.88. The Kier molecular flexibility index (Phi) is 7.66. The van der Waals surface area contributed by atoms with Crippen molar-refractivity contribution in [3.63, 3.8) is 0 Å². The lowest BCUT2D eigenvalue weighted by atomic mass is 10.2. The molecule has 1 heterocycles. The Balaban J connectivity index is 1.38. The first-order valence-electron chi connectivity index (χ1n) is 9.97. The van der Waals surface area contributed by atoms with Gasteiger partial charge in [0.25, 0.3) is 5.91 Å². The molecule has 2 aromatic rings. The molecule has 0 spiro atoms. The van der Waals surface area contributed by atoms with Crippen LogP contribution in [0.4, 0.5) is 0 Å². The number of piperazine rings is 1. The van der Waals surface area contributed by atoms with Crippen molar-refractivity contribution in [2.45, 2.75) is 6.54 Å². The minimum atomic E-state index is 0.206. The number of carbonyl (C=O) groups is 1. The Morgan fingerprint density at radius 2 is 1.64 bits per heavy atom. The molecule has 0 aromatic heterocycles. The summed E-state index contributed by atoms with van der Waals surface area (Å²) in [4.78, 5) is 17.4. The zero-order chi connectivity index (χ0) is 19.8. The number of hydrogen-bond acceptors (Lipinski definition) is 1. The van der Waals surface area contributed by atoms with Crippen LogP contribution in [0.15, 0.2) is 60.7 Å². The Morgan fingerprint density at radius 3 is 2.32 bits per heavy atom. The summed E-state index contributed by atoms with van der Waals surface area (Å²) in [5.74, 6) is 0.206. The number of quaternary nitrogens is 2. The number of halogens is 1. The molecule has 0 radical (unpaired) electrons. The molecule has 148 valence electrons. The summed E-state index contributed by atoms with van der Waals surface area (Å²) in [5.41, 5.74) is 2.36. The minimum absolute atomic E-state index is 0.206. The summed E-state index contributed by atoms with van der Waals surface area (Å²) in [6.07, 6.45) is 4.46. The molecule has 1 aliphatic heterocycles. The Hall–Kier alpha value is -2.14. The first kappa shape index (κ1) is 20.6. The number of benzene rings is 2. The van der Waals surface area contributed by atoms with E-state index in [-0.39, 0.29) is 5.91 Å². The maximum Gasteiger partial charge on any atom is 0.277 e. The van der Waals surface area contributed by atoms with Crippen LogP contribution in [-0.2, 0) is 11.3 Å². The molecular formula is C23H30ClN3O+2. The van der Waals surface area contributed by atoms with Crippen LogP contribution in [0.1, 0.15) is 11.1 Å². The van der Waals surface area contributed by atoms with Crippen molar-refractivity contribution in [3.05, 3.63) is 76.8 Å². The number of likely N-dealkylation sites (N-methyl/N-ethyl adjacent to an activating group) is 1. The third-order valence-electron chi connectivity index (χ3n) is 5.34. The smallest absolute Gasteiger partial charge is 0.277 e. The standard InChI is InChI=1S/C23H28ClN3O/c1-25(18-21-9-11-22(24)12-10-21)23(28)19-27-16-14-26(15-17-27)13-5-8-20-6-3-2-4-7-20/h2-12H,13-19H2,1H3/p+2/b8-5+. The predicted molar refractivity (Wildman–Crippen MR) is 115 cm³/mol. The van der Waals surface area contributed by atoms with Crippen molar-refractivity contribution in [3.8, 4) is 0 Å². The molecule has 1 fully saturated rings. The van der Waals surface area contributed by atoms with Crippen LogP contribution in [0.25, 0.3) is 6.08 Å². The molecule has 0 atom stereocenters. The SMILES string of the molecule is CN(Cc1ccc(Cl)cc1)C(=O)C[NH+]1CC[NH+](C/C=C/c2ccccc2)CC1. The molecule has 28 heavy (non-hydrogen) atoms. The Labute approximate surface area is 173 Å². The number of rotatable bonds is 7. The van der Waals surface area contributed by atoms with Gasteiger partial charge in [-0.3, -0.25) is 4.79 Å². The first-order valence-corrected chi connectivity index (χ1v) is 10.3. The van der Waals surface area contributed by atoms with Crippen LogP contribution in [0, 0.1) is 0 Å². The van der Waals surface area contributed by atoms with Crippen LogP contribution in [0.3, 0.4) is 0 Å². The first-order chi connectivity index (χ1) is 13.6. The monoisotopic (exact) mass is 399 g/mol. The van der Waals surface area contributed by atoms with Gasteiger partial charge in [-0.25, -0.2) is 0 Å². The molecular weight excluding hydrogens is 370 g/mol. The fourth-order valence-electron chi connectivity index (χ4n) is 3.56. The molecule has 4 nitrogen and oxygen atoms in total. The van der Waals surface area contributed by atoms with Gasteiger partial charge >= 0.3 is 0 Å². The third kappa shape index (κ3) is 6.48. The topological polar surface area (TPSA) is 29.2 Å². The van der Waals surface area contributed by atoms with Crippen LogP contribution >= 0.6 is 11.6 Å². The van der Waals surface area contributed by atoms with Gasteiger partial charge < -0.3 is 14.7 Å². The van der Waals surface area contributed by atoms with Crippen molar-refractivity contribution >= 4 is 23.6 Å². The Bertz CT molecular complexity index is 768. The van der Waals surface area contributed by atoms with Gasteiger partial charge in [-0.15, -0.1) is 0 Å². The molecule has 0 aliphatic carbocycles. The van der Waals surface area contributed by atoms with Crippen LogP contribution in [-0.4, -0.2) is 57.1 Å². The van der Waals surface area contributed by atoms with Gasteiger partial charge in [0.05, 0.1) is 6.54 Å². The second kappa shape index (κ2) is 10.4. The number of hydrogen-bond donors (Lipinski definition) is 2. The fraction of sp³-hybridized carbons (Fsp3) is 0.348. The molecule has 1 aliphatic rings. The fourth-order valence-corrected chi connectivity index (χ4v) is 3.69. The molecule has 2 aromatic carbocycles. The maximum absolute atomic E-state index is 12.6. The summed E-state index contributed by atoms with van der Waals surface area (Å²) in [6.45, 7) is 6.59. The number of carbonyl (C=O) groups excluding carboxylic acids is 1. The highest BCUT2D eigenvalue weighted by molar-refractivity contribution is 6.30. The van der Waals surface area contributed by atoms with E-state index in [0.29, 0.717) is 13.1 Å². The van der Waals surface area contributed by atoms with Gasteiger partial charge in [0, 0.05) is 18.6 Å². The molecule has 0 bridgehead atoms. The number of nitrogens with one attached hydrogen (secondary N) is 2. The summed E-state index contributed by atoms with van der Waals surface area (Å²) in [5, 5.41) is 0.723.